The van der Waals surface area contributed by atoms with Gasteiger partial charge in [0.1, 0.15) is 5.54 Å². The lowest BCUT2D eigenvalue weighted by Crippen LogP contribution is -2.55. The number of hydrogen-bond donors (Lipinski definition) is 2. The molecule has 1 heterocycles. The van der Waals surface area contributed by atoms with E-state index in [1.54, 1.807) is 11.8 Å². The summed E-state index contributed by atoms with van der Waals surface area (Å²) in [5.74, 6) is 0.0807. The van der Waals surface area contributed by atoms with Crippen LogP contribution in [0.5, 0.6) is 0 Å². The molecule has 4 nitrogen and oxygen atoms in total. The first kappa shape index (κ1) is 14.9. The van der Waals surface area contributed by atoms with Crippen LogP contribution in [0.25, 0.3) is 0 Å². The highest BCUT2D eigenvalue weighted by atomic mass is 32.2. The van der Waals surface area contributed by atoms with E-state index in [0.717, 1.165) is 23.3 Å². The number of carbonyl (C=O) groups is 2. The third-order valence-corrected chi connectivity index (χ3v) is 4.85. The Morgan fingerprint density at radius 1 is 1.35 bits per heavy atom. The van der Waals surface area contributed by atoms with Crippen molar-refractivity contribution >= 4 is 23.6 Å². The van der Waals surface area contributed by atoms with Gasteiger partial charge in [0.25, 0.3) is 0 Å². The predicted molar refractivity (Wildman–Crippen MR) is 80.0 cm³/mol. The average Bonchev–Trinajstić information content (AvgIpc) is 2.89. The molecule has 20 heavy (non-hydrogen) atoms. The van der Waals surface area contributed by atoms with E-state index in [9.17, 15) is 14.7 Å². The van der Waals surface area contributed by atoms with E-state index < -0.39 is 11.5 Å². The Kier molecular flexibility index (Phi) is 4.70. The summed E-state index contributed by atoms with van der Waals surface area (Å²) < 4.78 is 0. The summed E-state index contributed by atoms with van der Waals surface area (Å²) in [7, 11) is 0. The molecule has 1 unspecified atom stereocenters. The summed E-state index contributed by atoms with van der Waals surface area (Å²) in [5.41, 5.74) is 1.02. The second-order valence-corrected chi connectivity index (χ2v) is 6.14. The Hall–Kier alpha value is -1.49. The van der Waals surface area contributed by atoms with Crippen LogP contribution in [0.2, 0.25) is 0 Å². The van der Waals surface area contributed by atoms with Crippen LogP contribution >= 0.6 is 11.8 Å². The van der Waals surface area contributed by atoms with Crippen LogP contribution in [0.4, 0.5) is 0 Å². The molecule has 0 radical (unpaired) electrons. The van der Waals surface area contributed by atoms with Crippen LogP contribution in [0, 0.1) is 0 Å². The van der Waals surface area contributed by atoms with E-state index in [1.807, 2.05) is 31.2 Å². The maximum atomic E-state index is 12.2. The standard InChI is InChI=1S/C15H19NO3S/c1-2-11-5-3-4-6-12(11)9-13(17)16-15(14(18)19)7-8-20-10-15/h3-6H,2,7-10H2,1H3,(H,16,17)(H,18,19). The Balaban J connectivity index is 2.07. The Bertz CT molecular complexity index is 510. The molecule has 2 N–H and O–H groups in total. The average molecular weight is 293 g/mol. The number of carbonyl (C=O) groups excluding carboxylic acids is 1. The molecule has 1 aliphatic rings. The number of hydrogen-bond acceptors (Lipinski definition) is 3. The molecule has 5 heteroatoms. The van der Waals surface area contributed by atoms with Gasteiger partial charge in [-0.3, -0.25) is 4.79 Å². The molecule has 1 amide bonds. The van der Waals surface area contributed by atoms with Crippen molar-refractivity contribution in [1.29, 1.82) is 0 Å². The number of aliphatic carboxylic acids is 1. The molecular weight excluding hydrogens is 274 g/mol. The van der Waals surface area contributed by atoms with Crippen molar-refractivity contribution in [2.24, 2.45) is 0 Å². The zero-order valence-electron chi connectivity index (χ0n) is 11.5. The van der Waals surface area contributed by atoms with Gasteiger partial charge in [0.05, 0.1) is 6.42 Å². The molecule has 0 aromatic heterocycles. The molecular formula is C15H19NO3S. The number of carboxylic acids is 1. The number of carboxylic acid groups (broad SMARTS) is 1. The van der Waals surface area contributed by atoms with Crippen LogP contribution in [0.15, 0.2) is 24.3 Å². The summed E-state index contributed by atoms with van der Waals surface area (Å²) in [6.07, 6.45) is 1.60. The lowest BCUT2D eigenvalue weighted by molar-refractivity contribution is -0.146. The van der Waals surface area contributed by atoms with Gasteiger partial charge >= 0.3 is 5.97 Å². The first-order valence-electron chi connectivity index (χ1n) is 6.76. The molecule has 0 spiro atoms. The van der Waals surface area contributed by atoms with Crippen LogP contribution in [-0.4, -0.2) is 34.0 Å². The van der Waals surface area contributed by atoms with Crippen molar-refractivity contribution in [2.45, 2.75) is 31.7 Å². The van der Waals surface area contributed by atoms with Gasteiger partial charge in [0.2, 0.25) is 5.91 Å². The first-order chi connectivity index (χ1) is 9.57. The van der Waals surface area contributed by atoms with Gasteiger partial charge in [-0.15, -0.1) is 0 Å². The third kappa shape index (κ3) is 3.15. The maximum Gasteiger partial charge on any atom is 0.330 e. The van der Waals surface area contributed by atoms with E-state index in [0.29, 0.717) is 12.2 Å². The van der Waals surface area contributed by atoms with Crippen molar-refractivity contribution in [3.8, 4) is 0 Å². The molecule has 1 aromatic rings. The third-order valence-electron chi connectivity index (χ3n) is 3.66. The van der Waals surface area contributed by atoms with Crippen LogP contribution in [-0.2, 0) is 22.4 Å². The van der Waals surface area contributed by atoms with Crippen LogP contribution in [0.3, 0.4) is 0 Å². The van der Waals surface area contributed by atoms with Crippen LogP contribution in [0.1, 0.15) is 24.5 Å². The second-order valence-electron chi connectivity index (χ2n) is 5.04. The summed E-state index contributed by atoms with van der Waals surface area (Å²) in [6.45, 7) is 2.04. The summed E-state index contributed by atoms with van der Waals surface area (Å²) >= 11 is 1.57. The highest BCUT2D eigenvalue weighted by Gasteiger charge is 2.43. The van der Waals surface area contributed by atoms with Gasteiger partial charge in [-0.1, -0.05) is 31.2 Å². The molecule has 0 saturated carbocycles. The molecule has 0 aliphatic carbocycles. The first-order valence-corrected chi connectivity index (χ1v) is 7.92. The van der Waals surface area contributed by atoms with Crippen molar-refractivity contribution in [3.05, 3.63) is 35.4 Å². The molecule has 2 rings (SSSR count). The number of aryl methyl sites for hydroxylation is 1. The maximum absolute atomic E-state index is 12.2. The number of rotatable bonds is 5. The number of thioether (sulfide) groups is 1. The van der Waals surface area contributed by atoms with E-state index in [-0.39, 0.29) is 12.3 Å². The molecule has 1 saturated heterocycles. The second kappa shape index (κ2) is 6.31. The van der Waals surface area contributed by atoms with E-state index >= 15 is 0 Å². The summed E-state index contributed by atoms with van der Waals surface area (Å²) in [6, 6.07) is 7.78. The number of amides is 1. The van der Waals surface area contributed by atoms with Crippen LogP contribution < -0.4 is 5.32 Å². The molecule has 108 valence electrons. The molecule has 0 bridgehead atoms. The minimum atomic E-state index is -1.08. The van der Waals surface area contributed by atoms with Crippen molar-refractivity contribution in [1.82, 2.24) is 5.32 Å². The molecule has 1 atom stereocenters. The van der Waals surface area contributed by atoms with Gasteiger partial charge < -0.3 is 10.4 Å². The van der Waals surface area contributed by atoms with E-state index in [2.05, 4.69) is 5.32 Å². The lowest BCUT2D eigenvalue weighted by Gasteiger charge is -2.24. The van der Waals surface area contributed by atoms with Gasteiger partial charge in [0.15, 0.2) is 0 Å². The fourth-order valence-corrected chi connectivity index (χ4v) is 3.77. The van der Waals surface area contributed by atoms with Gasteiger partial charge in [-0.05, 0) is 29.7 Å². The van der Waals surface area contributed by atoms with Crippen molar-refractivity contribution in [3.63, 3.8) is 0 Å². The Morgan fingerprint density at radius 2 is 2.05 bits per heavy atom. The normalized spacial score (nSPS) is 21.6. The molecule has 1 fully saturated rings. The highest BCUT2D eigenvalue weighted by molar-refractivity contribution is 7.99. The monoisotopic (exact) mass is 293 g/mol. The quantitative estimate of drug-likeness (QED) is 0.870. The fraction of sp³-hybridized carbons (Fsp3) is 0.467. The van der Waals surface area contributed by atoms with E-state index in [4.69, 9.17) is 0 Å². The Labute approximate surface area is 123 Å². The lowest BCUT2D eigenvalue weighted by atomic mass is 9.97. The SMILES string of the molecule is CCc1ccccc1CC(=O)NC1(C(=O)O)CCSC1. The smallest absolute Gasteiger partial charge is 0.330 e. The van der Waals surface area contributed by atoms with Gasteiger partial charge in [-0.25, -0.2) is 4.79 Å². The molecule has 1 aromatic carbocycles. The topological polar surface area (TPSA) is 66.4 Å². The van der Waals surface area contributed by atoms with Gasteiger partial charge in [-0.2, -0.15) is 11.8 Å². The zero-order chi connectivity index (χ0) is 14.6. The minimum Gasteiger partial charge on any atom is -0.479 e. The zero-order valence-corrected chi connectivity index (χ0v) is 12.3. The van der Waals surface area contributed by atoms with E-state index in [1.165, 1.54) is 0 Å². The summed E-state index contributed by atoms with van der Waals surface area (Å²) in [4.78, 5) is 23.6. The number of benzene rings is 1. The summed E-state index contributed by atoms with van der Waals surface area (Å²) in [5, 5.41) is 12.1. The largest absolute Gasteiger partial charge is 0.479 e. The Morgan fingerprint density at radius 3 is 2.60 bits per heavy atom. The van der Waals surface area contributed by atoms with Crippen molar-refractivity contribution < 1.29 is 14.7 Å². The fourth-order valence-electron chi connectivity index (χ4n) is 2.44. The van der Waals surface area contributed by atoms with Crippen molar-refractivity contribution in [2.75, 3.05) is 11.5 Å². The van der Waals surface area contributed by atoms with Gasteiger partial charge in [0, 0.05) is 5.75 Å². The highest BCUT2D eigenvalue weighted by Crippen LogP contribution is 2.28. The molecule has 1 aliphatic heterocycles. The minimum absolute atomic E-state index is 0.212. The predicted octanol–water partition coefficient (Wildman–Crippen LogP) is 1.87. The number of nitrogens with one attached hydrogen (secondary N) is 1.